The molecule has 1 atom stereocenters. The predicted octanol–water partition coefficient (Wildman–Crippen LogP) is 5.24. The van der Waals surface area contributed by atoms with E-state index in [0.717, 1.165) is 12.0 Å². The van der Waals surface area contributed by atoms with Gasteiger partial charge in [-0.1, -0.05) is 54.1 Å². The van der Waals surface area contributed by atoms with Crippen LogP contribution in [-0.2, 0) is 22.4 Å². The lowest BCUT2D eigenvalue weighted by Gasteiger charge is -2.28. The molecular formula is C29H34N2O4. The number of aryl methyl sites for hydroxylation is 1. The molecule has 0 aliphatic carbocycles. The number of aliphatic hydroxyl groups excluding tert-OH is 1. The van der Waals surface area contributed by atoms with Gasteiger partial charge in [0.2, 0.25) is 5.69 Å². The molecule has 0 unspecified atom stereocenters. The summed E-state index contributed by atoms with van der Waals surface area (Å²) in [6.07, 6.45) is 0.860. The van der Waals surface area contributed by atoms with Crippen molar-refractivity contribution in [3.8, 4) is 5.75 Å². The molecule has 0 heterocycles. The number of hydrogen-bond donors (Lipinski definition) is 2. The van der Waals surface area contributed by atoms with Gasteiger partial charge in [-0.3, -0.25) is 4.79 Å². The number of carbonyl (C=O) groups is 1. The van der Waals surface area contributed by atoms with E-state index in [9.17, 15) is 9.90 Å². The Balaban J connectivity index is 1.49. The van der Waals surface area contributed by atoms with E-state index < -0.39 is 6.10 Å². The maximum atomic E-state index is 11.6. The Morgan fingerprint density at radius 3 is 2.57 bits per heavy atom. The maximum Gasteiger partial charge on any atom is 0.306 e. The van der Waals surface area contributed by atoms with Crippen LogP contribution in [0, 0.1) is 6.57 Å². The average molecular weight is 475 g/mol. The molecular weight excluding hydrogens is 440 g/mol. The lowest BCUT2D eigenvalue weighted by Crippen LogP contribution is -2.46. The van der Waals surface area contributed by atoms with Crippen LogP contribution >= 0.6 is 0 Å². The second kappa shape index (κ2) is 12.3. The zero-order valence-electron chi connectivity index (χ0n) is 20.7. The number of benzene rings is 3. The van der Waals surface area contributed by atoms with Gasteiger partial charge in [0.05, 0.1) is 13.2 Å². The number of hydrogen-bond acceptors (Lipinski definition) is 5. The second-order valence-corrected chi connectivity index (χ2v) is 9.31. The van der Waals surface area contributed by atoms with E-state index in [2.05, 4.69) is 54.3 Å². The van der Waals surface area contributed by atoms with Crippen molar-refractivity contribution in [1.29, 1.82) is 0 Å². The SMILES string of the molecule is [C-]#[N+]c1cc(CCC(=O)OCC)ccc1OC[C@H](O)CNC(C)(C)Cc1ccc2ccccc2c1. The van der Waals surface area contributed by atoms with Crippen LogP contribution in [0.4, 0.5) is 5.69 Å². The summed E-state index contributed by atoms with van der Waals surface area (Å²) in [4.78, 5) is 15.1. The smallest absolute Gasteiger partial charge is 0.306 e. The average Bonchev–Trinajstić information content (AvgIpc) is 2.85. The fourth-order valence-electron chi connectivity index (χ4n) is 3.97. The normalized spacial score (nSPS) is 12.2. The first-order chi connectivity index (χ1) is 16.8. The number of nitrogens with one attached hydrogen (secondary N) is 1. The van der Waals surface area contributed by atoms with Crippen molar-refractivity contribution in [3.63, 3.8) is 0 Å². The zero-order chi connectivity index (χ0) is 25.3. The van der Waals surface area contributed by atoms with Crippen molar-refractivity contribution in [2.24, 2.45) is 0 Å². The third-order valence-electron chi connectivity index (χ3n) is 5.77. The third kappa shape index (κ3) is 8.10. The van der Waals surface area contributed by atoms with Gasteiger partial charge in [0, 0.05) is 18.5 Å². The Morgan fingerprint density at radius 2 is 1.83 bits per heavy atom. The molecule has 3 aromatic rings. The first-order valence-electron chi connectivity index (χ1n) is 12.0. The minimum Gasteiger partial charge on any atom is -0.502 e. The Hall–Kier alpha value is -3.40. The Kier molecular flexibility index (Phi) is 9.25. The molecule has 3 rings (SSSR count). The fraction of sp³-hybridized carbons (Fsp3) is 0.379. The first kappa shape index (κ1) is 26.2. The molecule has 0 fully saturated rings. The number of aliphatic hydroxyl groups is 1. The van der Waals surface area contributed by atoms with Crippen LogP contribution in [0.15, 0.2) is 60.7 Å². The van der Waals surface area contributed by atoms with Crippen molar-refractivity contribution in [1.82, 2.24) is 5.32 Å². The van der Waals surface area contributed by atoms with Crippen LogP contribution in [0.1, 0.15) is 38.3 Å². The predicted molar refractivity (Wildman–Crippen MR) is 139 cm³/mol. The molecule has 6 nitrogen and oxygen atoms in total. The van der Waals surface area contributed by atoms with E-state index in [1.807, 2.05) is 18.2 Å². The van der Waals surface area contributed by atoms with Crippen LogP contribution in [-0.4, -0.2) is 42.5 Å². The van der Waals surface area contributed by atoms with Gasteiger partial charge in [-0.15, -0.1) is 0 Å². The topological polar surface area (TPSA) is 72.2 Å². The van der Waals surface area contributed by atoms with Gasteiger partial charge in [-0.2, -0.15) is 0 Å². The summed E-state index contributed by atoms with van der Waals surface area (Å²) < 4.78 is 10.7. The largest absolute Gasteiger partial charge is 0.502 e. The van der Waals surface area contributed by atoms with Crippen molar-refractivity contribution in [3.05, 3.63) is 83.2 Å². The summed E-state index contributed by atoms with van der Waals surface area (Å²) in [6, 6.07) is 20.1. The molecule has 184 valence electrons. The van der Waals surface area contributed by atoms with E-state index in [-0.39, 0.29) is 24.5 Å². The van der Waals surface area contributed by atoms with Gasteiger partial charge >= 0.3 is 5.97 Å². The van der Waals surface area contributed by atoms with E-state index in [0.29, 0.717) is 31.0 Å². The van der Waals surface area contributed by atoms with Gasteiger partial charge < -0.3 is 19.9 Å². The van der Waals surface area contributed by atoms with Crippen LogP contribution in [0.25, 0.3) is 15.6 Å². The molecule has 0 bridgehead atoms. The molecule has 0 saturated heterocycles. The number of ether oxygens (including phenoxy) is 2. The number of carbonyl (C=O) groups excluding carboxylic acids is 1. The van der Waals surface area contributed by atoms with E-state index >= 15 is 0 Å². The van der Waals surface area contributed by atoms with E-state index in [4.69, 9.17) is 16.0 Å². The van der Waals surface area contributed by atoms with Gasteiger partial charge in [0.25, 0.3) is 0 Å². The van der Waals surface area contributed by atoms with Crippen molar-refractivity contribution in [2.75, 3.05) is 19.8 Å². The summed E-state index contributed by atoms with van der Waals surface area (Å²) in [5.74, 6) is 0.172. The monoisotopic (exact) mass is 474 g/mol. The fourth-order valence-corrected chi connectivity index (χ4v) is 3.97. The standard InChI is InChI=1S/C29H34N2O4/c1-5-34-28(33)15-12-21-11-14-27(26(17-21)30-4)35-20-25(32)19-31-29(2,3)18-22-10-13-23-8-6-7-9-24(23)16-22/h6-11,13-14,16-17,25,31-32H,5,12,15,18-20H2,1-3H3/t25-/m1/s1. The molecule has 0 radical (unpaired) electrons. The van der Waals surface area contributed by atoms with E-state index in [1.165, 1.54) is 16.3 Å². The van der Waals surface area contributed by atoms with Gasteiger partial charge in [-0.25, -0.2) is 4.85 Å². The Morgan fingerprint density at radius 1 is 1.09 bits per heavy atom. The third-order valence-corrected chi connectivity index (χ3v) is 5.77. The number of rotatable bonds is 12. The molecule has 35 heavy (non-hydrogen) atoms. The molecule has 0 aliphatic heterocycles. The van der Waals surface area contributed by atoms with Crippen molar-refractivity contribution >= 4 is 22.4 Å². The summed E-state index contributed by atoms with van der Waals surface area (Å²) in [5, 5.41) is 16.4. The lowest BCUT2D eigenvalue weighted by atomic mass is 9.93. The summed E-state index contributed by atoms with van der Waals surface area (Å²) in [7, 11) is 0. The molecule has 0 amide bonds. The molecule has 6 heteroatoms. The van der Waals surface area contributed by atoms with Gasteiger partial charge in [-0.05, 0) is 62.1 Å². The van der Waals surface area contributed by atoms with Crippen LogP contribution < -0.4 is 10.1 Å². The maximum absolute atomic E-state index is 11.6. The summed E-state index contributed by atoms with van der Waals surface area (Å²) >= 11 is 0. The lowest BCUT2D eigenvalue weighted by molar-refractivity contribution is -0.143. The minimum atomic E-state index is -0.729. The molecule has 0 saturated carbocycles. The number of nitrogens with zero attached hydrogens (tertiary/aromatic N) is 1. The molecule has 2 N–H and O–H groups in total. The summed E-state index contributed by atoms with van der Waals surface area (Å²) in [6.45, 7) is 14.2. The minimum absolute atomic E-state index is 0.0732. The second-order valence-electron chi connectivity index (χ2n) is 9.31. The molecule has 0 aliphatic rings. The van der Waals surface area contributed by atoms with Crippen molar-refractivity contribution in [2.45, 2.75) is 51.7 Å². The molecule has 3 aromatic carbocycles. The highest BCUT2D eigenvalue weighted by Gasteiger charge is 2.20. The van der Waals surface area contributed by atoms with Gasteiger partial charge in [0.15, 0.2) is 0 Å². The Bertz CT molecular complexity index is 1180. The number of esters is 1. The van der Waals surface area contributed by atoms with E-state index in [1.54, 1.807) is 19.1 Å². The van der Waals surface area contributed by atoms with Crippen molar-refractivity contribution < 1.29 is 19.4 Å². The van der Waals surface area contributed by atoms with Gasteiger partial charge in [0.1, 0.15) is 18.5 Å². The first-order valence-corrected chi connectivity index (χ1v) is 12.0. The highest BCUT2D eigenvalue weighted by Crippen LogP contribution is 2.29. The van der Waals surface area contributed by atoms with Crippen LogP contribution in [0.3, 0.4) is 0 Å². The number of β-amino-alcohol motifs (C(OH)–C–C–N with tert-alkyl or cyclic N) is 1. The highest BCUT2D eigenvalue weighted by molar-refractivity contribution is 5.83. The Labute approximate surface area is 207 Å². The highest BCUT2D eigenvalue weighted by atomic mass is 16.5. The zero-order valence-corrected chi connectivity index (χ0v) is 20.7. The summed E-state index contributed by atoms with van der Waals surface area (Å²) in [5.41, 5.74) is 2.25. The van der Waals surface area contributed by atoms with Crippen LogP contribution in [0.2, 0.25) is 0 Å². The van der Waals surface area contributed by atoms with Crippen LogP contribution in [0.5, 0.6) is 5.75 Å². The number of fused-ring (bicyclic) bond motifs is 1. The quantitative estimate of drug-likeness (QED) is 0.278. The molecule has 0 aromatic heterocycles. The molecule has 0 spiro atoms.